The monoisotopic (exact) mass is 365 g/mol. The van der Waals surface area contributed by atoms with Gasteiger partial charge >= 0.3 is 5.97 Å². The maximum Gasteiger partial charge on any atom is 0.311 e. The van der Waals surface area contributed by atoms with E-state index >= 15 is 0 Å². The Bertz CT molecular complexity index is 685. The standard InChI is InChI=1S/C16H16BrNO4/c1-16(15(20)21)4-5-18(9-16)14(19)11-6-10-7-12(17)2-3-13(10)22-8-11/h2-3,6-7H,4-5,8-9H2,1H3,(H,20,21). The van der Waals surface area contributed by atoms with Crippen molar-refractivity contribution in [2.24, 2.45) is 5.41 Å². The van der Waals surface area contributed by atoms with Crippen LogP contribution in [0.1, 0.15) is 18.9 Å². The molecule has 1 amide bonds. The van der Waals surface area contributed by atoms with Crippen molar-refractivity contribution in [3.05, 3.63) is 33.8 Å². The van der Waals surface area contributed by atoms with Crippen LogP contribution in [-0.4, -0.2) is 41.6 Å². The lowest BCUT2D eigenvalue weighted by atomic mass is 9.90. The van der Waals surface area contributed by atoms with Crippen molar-refractivity contribution < 1.29 is 19.4 Å². The minimum atomic E-state index is -0.856. The smallest absolute Gasteiger partial charge is 0.311 e. The fourth-order valence-electron chi connectivity index (χ4n) is 2.78. The fourth-order valence-corrected chi connectivity index (χ4v) is 3.16. The number of fused-ring (bicyclic) bond motifs is 1. The molecule has 3 rings (SSSR count). The largest absolute Gasteiger partial charge is 0.488 e. The first-order valence-electron chi connectivity index (χ1n) is 7.05. The van der Waals surface area contributed by atoms with Gasteiger partial charge in [-0.15, -0.1) is 0 Å². The Balaban J connectivity index is 1.81. The number of carboxylic acid groups (broad SMARTS) is 1. The van der Waals surface area contributed by atoms with Gasteiger partial charge in [0.05, 0.1) is 11.0 Å². The fraction of sp³-hybridized carbons (Fsp3) is 0.375. The molecule has 1 atom stereocenters. The number of rotatable bonds is 2. The second-order valence-electron chi connectivity index (χ2n) is 5.98. The van der Waals surface area contributed by atoms with Gasteiger partial charge in [0.25, 0.3) is 5.91 Å². The molecule has 0 bridgehead atoms. The lowest BCUT2D eigenvalue weighted by molar-refractivity contribution is -0.147. The highest BCUT2D eigenvalue weighted by molar-refractivity contribution is 9.10. The zero-order valence-electron chi connectivity index (χ0n) is 12.1. The van der Waals surface area contributed by atoms with Gasteiger partial charge in [-0.3, -0.25) is 9.59 Å². The number of halogens is 1. The van der Waals surface area contributed by atoms with Gasteiger partial charge in [-0.2, -0.15) is 0 Å². The Hall–Kier alpha value is -1.82. The lowest BCUT2D eigenvalue weighted by Crippen LogP contribution is -2.36. The van der Waals surface area contributed by atoms with Gasteiger partial charge in [-0.25, -0.2) is 0 Å². The highest BCUT2D eigenvalue weighted by atomic mass is 79.9. The number of amides is 1. The Morgan fingerprint density at radius 2 is 2.18 bits per heavy atom. The van der Waals surface area contributed by atoms with E-state index in [1.807, 2.05) is 24.3 Å². The molecule has 0 aliphatic carbocycles. The predicted octanol–water partition coefficient (Wildman–Crippen LogP) is 2.55. The molecule has 1 saturated heterocycles. The van der Waals surface area contributed by atoms with Gasteiger partial charge < -0.3 is 14.7 Å². The first kappa shape index (κ1) is 15.1. The summed E-state index contributed by atoms with van der Waals surface area (Å²) in [6.45, 7) is 2.60. The van der Waals surface area contributed by atoms with Crippen molar-refractivity contribution in [1.82, 2.24) is 4.90 Å². The van der Waals surface area contributed by atoms with Crippen LogP contribution in [0.5, 0.6) is 5.75 Å². The number of carboxylic acids is 1. The average Bonchev–Trinajstić information content (AvgIpc) is 2.89. The predicted molar refractivity (Wildman–Crippen MR) is 84.6 cm³/mol. The van der Waals surface area contributed by atoms with Crippen LogP contribution in [0.3, 0.4) is 0 Å². The Morgan fingerprint density at radius 3 is 2.86 bits per heavy atom. The van der Waals surface area contributed by atoms with E-state index in [1.165, 1.54) is 0 Å². The topological polar surface area (TPSA) is 66.8 Å². The molecule has 1 aromatic rings. The van der Waals surface area contributed by atoms with Crippen LogP contribution in [-0.2, 0) is 9.59 Å². The van der Waals surface area contributed by atoms with Crippen LogP contribution in [0.15, 0.2) is 28.2 Å². The van der Waals surface area contributed by atoms with E-state index in [0.717, 1.165) is 15.8 Å². The molecule has 0 aromatic heterocycles. The maximum absolute atomic E-state index is 12.6. The van der Waals surface area contributed by atoms with E-state index < -0.39 is 11.4 Å². The molecule has 116 valence electrons. The number of carbonyl (C=O) groups is 2. The first-order valence-corrected chi connectivity index (χ1v) is 7.84. The molecule has 1 fully saturated rings. The lowest BCUT2D eigenvalue weighted by Gasteiger charge is -2.23. The summed E-state index contributed by atoms with van der Waals surface area (Å²) in [6.07, 6.45) is 2.30. The van der Waals surface area contributed by atoms with Crippen molar-refractivity contribution in [2.75, 3.05) is 19.7 Å². The van der Waals surface area contributed by atoms with E-state index in [-0.39, 0.29) is 19.1 Å². The molecule has 22 heavy (non-hydrogen) atoms. The summed E-state index contributed by atoms with van der Waals surface area (Å²) in [5.41, 5.74) is 0.552. The summed E-state index contributed by atoms with van der Waals surface area (Å²) in [5.74, 6) is -0.252. The molecule has 2 aliphatic rings. The summed E-state index contributed by atoms with van der Waals surface area (Å²) in [5, 5.41) is 9.26. The van der Waals surface area contributed by atoms with E-state index in [4.69, 9.17) is 4.74 Å². The molecule has 0 saturated carbocycles. The SMILES string of the molecule is CC1(C(=O)O)CCN(C(=O)C2=Cc3cc(Br)ccc3OC2)C1. The van der Waals surface area contributed by atoms with E-state index in [9.17, 15) is 14.7 Å². The van der Waals surface area contributed by atoms with Gasteiger partial charge in [0.15, 0.2) is 0 Å². The van der Waals surface area contributed by atoms with Gasteiger partial charge in [0, 0.05) is 23.1 Å². The third-order valence-electron chi connectivity index (χ3n) is 4.24. The number of hydrogen-bond acceptors (Lipinski definition) is 3. The Morgan fingerprint density at radius 1 is 1.41 bits per heavy atom. The minimum absolute atomic E-state index is 0.143. The molecule has 0 radical (unpaired) electrons. The molecule has 2 aliphatic heterocycles. The summed E-state index contributed by atoms with van der Waals surface area (Å²) in [7, 11) is 0. The van der Waals surface area contributed by atoms with Gasteiger partial charge in [0.1, 0.15) is 12.4 Å². The average molecular weight is 366 g/mol. The number of carbonyl (C=O) groups excluding carboxylic acids is 1. The number of benzene rings is 1. The maximum atomic E-state index is 12.6. The van der Waals surface area contributed by atoms with Crippen molar-refractivity contribution in [3.8, 4) is 5.75 Å². The number of aliphatic carboxylic acids is 1. The summed E-state index contributed by atoms with van der Waals surface area (Å²) < 4.78 is 6.53. The van der Waals surface area contributed by atoms with Crippen LogP contribution in [0.4, 0.5) is 0 Å². The molecule has 5 nitrogen and oxygen atoms in total. The minimum Gasteiger partial charge on any atom is -0.488 e. The summed E-state index contributed by atoms with van der Waals surface area (Å²) in [4.78, 5) is 25.5. The third kappa shape index (κ3) is 2.63. The number of ether oxygens (including phenoxy) is 1. The third-order valence-corrected chi connectivity index (χ3v) is 4.73. The number of hydrogen-bond donors (Lipinski definition) is 1. The molecular weight excluding hydrogens is 350 g/mol. The van der Waals surface area contributed by atoms with Gasteiger partial charge in [-0.05, 0) is 37.6 Å². The van der Waals surface area contributed by atoms with Crippen molar-refractivity contribution in [3.63, 3.8) is 0 Å². The van der Waals surface area contributed by atoms with Crippen molar-refractivity contribution >= 4 is 33.9 Å². The van der Waals surface area contributed by atoms with Gasteiger partial charge in [0.2, 0.25) is 0 Å². The van der Waals surface area contributed by atoms with Crippen LogP contribution < -0.4 is 4.74 Å². The van der Waals surface area contributed by atoms with Crippen molar-refractivity contribution in [1.29, 1.82) is 0 Å². The van der Waals surface area contributed by atoms with E-state index in [0.29, 0.717) is 18.5 Å². The molecule has 2 heterocycles. The highest BCUT2D eigenvalue weighted by Crippen LogP contribution is 2.33. The zero-order chi connectivity index (χ0) is 15.9. The van der Waals surface area contributed by atoms with Crippen LogP contribution in [0.2, 0.25) is 0 Å². The molecule has 1 N–H and O–H groups in total. The molecule has 1 aromatic carbocycles. The number of likely N-dealkylation sites (tertiary alicyclic amines) is 1. The second-order valence-corrected chi connectivity index (χ2v) is 6.90. The zero-order valence-corrected chi connectivity index (χ0v) is 13.7. The van der Waals surface area contributed by atoms with Crippen LogP contribution in [0.25, 0.3) is 6.08 Å². The van der Waals surface area contributed by atoms with Gasteiger partial charge in [-0.1, -0.05) is 15.9 Å². The molecular formula is C16H16BrNO4. The van der Waals surface area contributed by atoms with E-state index in [1.54, 1.807) is 11.8 Å². The summed E-state index contributed by atoms with van der Waals surface area (Å²) in [6, 6.07) is 5.64. The molecule has 6 heteroatoms. The quantitative estimate of drug-likeness (QED) is 0.874. The molecule has 0 spiro atoms. The van der Waals surface area contributed by atoms with Crippen LogP contribution in [0, 0.1) is 5.41 Å². The highest BCUT2D eigenvalue weighted by Gasteiger charge is 2.42. The van der Waals surface area contributed by atoms with Crippen LogP contribution >= 0.6 is 15.9 Å². The number of nitrogens with zero attached hydrogens (tertiary/aromatic N) is 1. The summed E-state index contributed by atoms with van der Waals surface area (Å²) >= 11 is 3.40. The normalized spacial score (nSPS) is 23.5. The Labute approximate surface area is 136 Å². The Kier molecular flexibility index (Phi) is 3.72. The first-order chi connectivity index (χ1) is 10.4. The van der Waals surface area contributed by atoms with Crippen molar-refractivity contribution in [2.45, 2.75) is 13.3 Å². The second kappa shape index (κ2) is 5.43. The van der Waals surface area contributed by atoms with E-state index in [2.05, 4.69) is 15.9 Å². The molecule has 1 unspecified atom stereocenters.